The molecule has 0 saturated carbocycles. The van der Waals surface area contributed by atoms with Crippen molar-refractivity contribution < 1.29 is 70.1 Å². The third-order valence-corrected chi connectivity index (χ3v) is 6.40. The van der Waals surface area contributed by atoms with E-state index in [0.29, 0.717) is 0 Å². The van der Waals surface area contributed by atoms with Crippen LogP contribution in [0.25, 0.3) is 0 Å². The number of nitrogens with zero attached hydrogens (tertiary/aromatic N) is 2. The SMILES string of the molecule is CC(C)(C)C(=O)/C=C(\[O-])C(C)(C)C.CC(C)(C)C(=O)/C=C(\[O-])C(C)(C)C.CC(C)(C)C(=O)/C=C(\[O-])C(C)(C)C.CN(C)c1ccncc1.[Sm+3]. The molecule has 0 atom stereocenters. The maximum absolute atomic E-state index is 11.4. The molecule has 1 rings (SSSR count). The monoisotopic (exact) mass is 823 g/mol. The van der Waals surface area contributed by atoms with Crippen LogP contribution in [0, 0.1) is 72.9 Å². The van der Waals surface area contributed by atoms with Gasteiger partial charge in [-0.15, -0.1) is 17.3 Å². The predicted octanol–water partition coefficient (Wildman–Crippen LogP) is 6.82. The topological polar surface area (TPSA) is 137 Å². The molecule has 8 nitrogen and oxygen atoms in total. The first kappa shape index (κ1) is 53.7. The quantitative estimate of drug-likeness (QED) is 0.239. The van der Waals surface area contributed by atoms with E-state index in [1.165, 1.54) is 23.9 Å². The Labute approximate surface area is 332 Å². The van der Waals surface area contributed by atoms with Crippen molar-refractivity contribution in [3.8, 4) is 0 Å². The van der Waals surface area contributed by atoms with Crippen molar-refractivity contribution in [2.75, 3.05) is 19.0 Å². The second kappa shape index (κ2) is 21.3. The summed E-state index contributed by atoms with van der Waals surface area (Å²) in [5.74, 6) is -0.625. The Balaban J connectivity index is -0.000000276. The number of rotatable bonds is 4. The molecule has 0 aliphatic carbocycles. The van der Waals surface area contributed by atoms with Gasteiger partial charge >= 0.3 is 40.4 Å². The molecule has 279 valence electrons. The van der Waals surface area contributed by atoms with Crippen LogP contribution >= 0.6 is 0 Å². The fraction of sp³-hybridized carbons (Fsp3) is 0.650. The van der Waals surface area contributed by atoms with E-state index in [1.807, 2.05) is 156 Å². The van der Waals surface area contributed by atoms with Gasteiger partial charge in [0, 0.05) is 48.4 Å². The first-order valence-corrected chi connectivity index (χ1v) is 16.3. The maximum Gasteiger partial charge on any atom is 3.00 e. The molecule has 1 aromatic rings. The molecule has 0 unspecified atom stereocenters. The summed E-state index contributed by atoms with van der Waals surface area (Å²) in [6, 6.07) is 3.94. The fourth-order valence-electron chi connectivity index (χ4n) is 2.30. The van der Waals surface area contributed by atoms with Crippen molar-refractivity contribution in [3.63, 3.8) is 0 Å². The molecule has 0 aliphatic rings. The summed E-state index contributed by atoms with van der Waals surface area (Å²) in [4.78, 5) is 40.3. The Morgan fingerprint density at radius 3 is 0.816 bits per heavy atom. The second-order valence-electron chi connectivity index (χ2n) is 18.2. The van der Waals surface area contributed by atoms with E-state index in [9.17, 15) is 29.7 Å². The minimum absolute atomic E-state index is 0. The van der Waals surface area contributed by atoms with Crippen molar-refractivity contribution >= 4 is 23.0 Å². The number of carbonyl (C=O) groups is 3. The van der Waals surface area contributed by atoms with E-state index >= 15 is 0 Å². The van der Waals surface area contributed by atoms with Crippen LogP contribution in [0.3, 0.4) is 0 Å². The normalized spacial score (nSPS) is 13.2. The summed E-state index contributed by atoms with van der Waals surface area (Å²) < 4.78 is 0. The Morgan fingerprint density at radius 2 is 0.694 bits per heavy atom. The van der Waals surface area contributed by atoms with Crippen molar-refractivity contribution in [1.29, 1.82) is 0 Å². The van der Waals surface area contributed by atoms with E-state index < -0.39 is 32.5 Å². The van der Waals surface area contributed by atoms with Gasteiger partial charge in [0.25, 0.3) is 0 Å². The number of ketones is 3. The van der Waals surface area contributed by atoms with Crippen LogP contribution in [-0.4, -0.2) is 36.4 Å². The van der Waals surface area contributed by atoms with Gasteiger partial charge in [-0.05, 0) is 46.6 Å². The number of allylic oxidation sites excluding steroid dienone is 6. The van der Waals surface area contributed by atoms with E-state index in [-0.39, 0.29) is 75.0 Å². The van der Waals surface area contributed by atoms with Crippen LogP contribution in [0.2, 0.25) is 0 Å². The van der Waals surface area contributed by atoms with Gasteiger partial charge in [-0.3, -0.25) is 19.4 Å². The van der Waals surface area contributed by atoms with Gasteiger partial charge in [0.15, 0.2) is 17.3 Å². The molecule has 1 aromatic heterocycles. The summed E-state index contributed by atoms with van der Waals surface area (Å²) in [7, 11) is 4.02. The largest absolute Gasteiger partial charge is 3.00 e. The molecule has 1 radical (unpaired) electrons. The summed E-state index contributed by atoms with van der Waals surface area (Å²) in [6.45, 7) is 32.5. The number of carbonyl (C=O) groups excluding carboxylic acids is 3. The summed E-state index contributed by atoms with van der Waals surface area (Å²) in [6.07, 6.45) is 7.24. The predicted molar refractivity (Wildman–Crippen MR) is 195 cm³/mol. The Morgan fingerprint density at radius 1 is 0.490 bits per heavy atom. The molecule has 0 spiro atoms. The molecule has 0 aliphatic heterocycles. The zero-order valence-electron chi connectivity index (χ0n) is 34.3. The first-order chi connectivity index (χ1) is 21.0. The van der Waals surface area contributed by atoms with Crippen molar-refractivity contribution in [2.45, 2.75) is 125 Å². The molecule has 0 saturated heterocycles. The Hall–Kier alpha value is -2.08. The first-order valence-electron chi connectivity index (χ1n) is 16.3. The molecular formula is C40H67N2O6Sm. The van der Waals surface area contributed by atoms with Crippen molar-refractivity contribution in [2.24, 2.45) is 32.5 Å². The van der Waals surface area contributed by atoms with Crippen LogP contribution < -0.4 is 20.2 Å². The summed E-state index contributed by atoms with van der Waals surface area (Å²) >= 11 is 0. The average molecular weight is 822 g/mol. The summed E-state index contributed by atoms with van der Waals surface area (Å²) in [5, 5.41) is 34.3. The number of pyridine rings is 1. The van der Waals surface area contributed by atoms with E-state index in [2.05, 4.69) is 4.98 Å². The van der Waals surface area contributed by atoms with Gasteiger partial charge < -0.3 is 20.2 Å². The van der Waals surface area contributed by atoms with Crippen LogP contribution in [0.4, 0.5) is 5.69 Å². The minimum atomic E-state index is -0.457. The molecule has 9 heteroatoms. The Bertz CT molecular complexity index is 1130. The third-order valence-electron chi connectivity index (χ3n) is 6.40. The molecule has 0 bridgehead atoms. The van der Waals surface area contributed by atoms with E-state index in [4.69, 9.17) is 0 Å². The van der Waals surface area contributed by atoms with Gasteiger partial charge in [-0.1, -0.05) is 125 Å². The van der Waals surface area contributed by atoms with Crippen LogP contribution in [0.15, 0.2) is 60.0 Å². The van der Waals surface area contributed by atoms with Crippen molar-refractivity contribution in [3.05, 3.63) is 60.0 Å². The smallest absolute Gasteiger partial charge is 0.875 e. The van der Waals surface area contributed by atoms with E-state index in [0.717, 1.165) is 0 Å². The number of hydrogen-bond acceptors (Lipinski definition) is 8. The molecular weight excluding hydrogens is 755 g/mol. The Kier molecular flexibility index (Phi) is 23.4. The fourth-order valence-corrected chi connectivity index (χ4v) is 2.30. The minimum Gasteiger partial charge on any atom is -0.875 e. The van der Waals surface area contributed by atoms with Crippen molar-refractivity contribution in [1.82, 2.24) is 4.98 Å². The van der Waals surface area contributed by atoms with E-state index in [1.54, 1.807) is 12.4 Å². The van der Waals surface area contributed by atoms with Gasteiger partial charge in [-0.2, -0.15) is 0 Å². The van der Waals surface area contributed by atoms with Gasteiger partial charge in [0.1, 0.15) is 0 Å². The average Bonchev–Trinajstić information content (AvgIpc) is 2.87. The van der Waals surface area contributed by atoms with Crippen LogP contribution in [-0.2, 0) is 14.4 Å². The molecule has 0 N–H and O–H groups in total. The second-order valence-corrected chi connectivity index (χ2v) is 18.2. The standard InChI is InChI=1S/3C11H20O2.C7H10N2.Sm/c3*1-10(2,3)8(12)7-9(13)11(4,5)6;1-9(2)7-3-5-8-6-4-7;/h3*7,12H,1-6H3;3-6H,1-2H3;/q;;;;+3/p-3/b3*8-7-;;. The van der Waals surface area contributed by atoms with Gasteiger partial charge in [0.2, 0.25) is 0 Å². The zero-order chi connectivity index (χ0) is 39.3. The number of aromatic nitrogens is 1. The molecule has 1 heterocycles. The molecule has 49 heavy (non-hydrogen) atoms. The molecule has 0 aromatic carbocycles. The molecule has 0 amide bonds. The number of hydrogen-bond donors (Lipinski definition) is 0. The van der Waals surface area contributed by atoms with Crippen LogP contribution in [0.5, 0.6) is 0 Å². The third kappa shape index (κ3) is 26.4. The summed E-state index contributed by atoms with van der Waals surface area (Å²) in [5.41, 5.74) is -1.56. The van der Waals surface area contributed by atoms with Crippen LogP contribution in [0.1, 0.15) is 125 Å². The molecule has 0 fully saturated rings. The zero-order valence-corrected chi connectivity index (χ0v) is 36.9. The van der Waals surface area contributed by atoms with Gasteiger partial charge in [-0.25, -0.2) is 0 Å². The maximum atomic E-state index is 11.4. The number of anilines is 1. The van der Waals surface area contributed by atoms with Gasteiger partial charge in [0.05, 0.1) is 0 Å².